The maximum absolute atomic E-state index is 13.0. The van der Waals surface area contributed by atoms with Crippen LogP contribution in [0.5, 0.6) is 0 Å². The molecule has 20 heavy (non-hydrogen) atoms. The Hall–Kier alpha value is -1.47. The van der Waals surface area contributed by atoms with Crippen LogP contribution in [0.4, 0.5) is 4.39 Å². The van der Waals surface area contributed by atoms with E-state index < -0.39 is 27.2 Å². The highest BCUT2D eigenvalue weighted by Crippen LogP contribution is 2.26. The third-order valence-electron chi connectivity index (χ3n) is 3.51. The van der Waals surface area contributed by atoms with Gasteiger partial charge in [0.2, 0.25) is 10.0 Å². The molecule has 0 spiro atoms. The molecule has 0 aliphatic heterocycles. The summed E-state index contributed by atoms with van der Waals surface area (Å²) in [6.07, 6.45) is 0.592. The summed E-state index contributed by atoms with van der Waals surface area (Å²) < 4.78 is 39.3. The molecule has 0 saturated heterocycles. The highest BCUT2D eigenvalue weighted by molar-refractivity contribution is 7.89. The van der Waals surface area contributed by atoms with Crippen molar-refractivity contribution in [3.63, 3.8) is 0 Å². The maximum atomic E-state index is 13.0. The zero-order valence-electron chi connectivity index (χ0n) is 11.4. The van der Waals surface area contributed by atoms with Crippen molar-refractivity contribution < 1.29 is 22.7 Å². The van der Waals surface area contributed by atoms with Gasteiger partial charge in [-0.2, -0.15) is 0 Å². The second-order valence-electron chi connectivity index (χ2n) is 4.57. The monoisotopic (exact) mass is 303 g/mol. The molecule has 1 aromatic carbocycles. The molecule has 0 bridgehead atoms. The van der Waals surface area contributed by atoms with Gasteiger partial charge in [-0.1, -0.05) is 19.9 Å². The van der Waals surface area contributed by atoms with E-state index in [1.807, 2.05) is 0 Å². The highest BCUT2D eigenvalue weighted by Gasteiger charge is 2.36. The molecule has 0 aliphatic rings. The Bertz CT molecular complexity index is 582. The van der Waals surface area contributed by atoms with Crippen molar-refractivity contribution in [1.82, 2.24) is 4.72 Å². The molecule has 2 N–H and O–H groups in total. The van der Waals surface area contributed by atoms with Gasteiger partial charge in [0.05, 0.1) is 10.3 Å². The molecule has 0 atom stereocenters. The van der Waals surface area contributed by atoms with Gasteiger partial charge in [0.25, 0.3) is 0 Å². The minimum absolute atomic E-state index is 0.219. The van der Waals surface area contributed by atoms with E-state index in [0.717, 1.165) is 12.1 Å². The number of carbonyl (C=O) groups is 1. The molecule has 0 heterocycles. The van der Waals surface area contributed by atoms with Crippen molar-refractivity contribution in [2.45, 2.75) is 31.6 Å². The number of hydrogen-bond acceptors (Lipinski definition) is 3. The normalized spacial score (nSPS) is 12.3. The summed E-state index contributed by atoms with van der Waals surface area (Å²) >= 11 is 0. The Morgan fingerprint density at radius 1 is 1.35 bits per heavy atom. The van der Waals surface area contributed by atoms with Gasteiger partial charge in [0, 0.05) is 6.54 Å². The van der Waals surface area contributed by atoms with E-state index in [-0.39, 0.29) is 11.4 Å². The molecule has 0 aliphatic carbocycles. The molecular weight excluding hydrogens is 285 g/mol. The number of carboxylic acids is 1. The van der Waals surface area contributed by atoms with Crippen molar-refractivity contribution in [3.05, 3.63) is 30.1 Å². The lowest BCUT2D eigenvalue weighted by Crippen LogP contribution is -2.42. The Morgan fingerprint density at radius 3 is 2.40 bits per heavy atom. The van der Waals surface area contributed by atoms with Crippen LogP contribution in [-0.2, 0) is 14.8 Å². The summed E-state index contributed by atoms with van der Waals surface area (Å²) in [5, 5.41) is 9.24. The molecule has 0 amide bonds. The minimum Gasteiger partial charge on any atom is -0.481 e. The summed E-state index contributed by atoms with van der Waals surface area (Å²) in [4.78, 5) is 11.1. The average molecular weight is 303 g/mol. The quantitative estimate of drug-likeness (QED) is 0.807. The number of rotatable bonds is 7. The summed E-state index contributed by atoms with van der Waals surface area (Å²) in [7, 11) is -3.92. The van der Waals surface area contributed by atoms with Crippen molar-refractivity contribution in [3.8, 4) is 0 Å². The van der Waals surface area contributed by atoms with Crippen LogP contribution in [0.15, 0.2) is 29.2 Å². The number of sulfonamides is 1. The predicted molar refractivity (Wildman–Crippen MR) is 72.2 cm³/mol. The van der Waals surface area contributed by atoms with E-state index in [1.165, 1.54) is 12.1 Å². The third kappa shape index (κ3) is 3.55. The van der Waals surface area contributed by atoms with Crippen LogP contribution in [0.2, 0.25) is 0 Å². The van der Waals surface area contributed by atoms with E-state index >= 15 is 0 Å². The highest BCUT2D eigenvalue weighted by atomic mass is 32.2. The van der Waals surface area contributed by atoms with Crippen molar-refractivity contribution in [1.29, 1.82) is 0 Å². The Balaban J connectivity index is 2.95. The van der Waals surface area contributed by atoms with Gasteiger partial charge in [0.1, 0.15) is 5.82 Å². The Labute approximate surface area is 117 Å². The topological polar surface area (TPSA) is 83.5 Å². The zero-order valence-corrected chi connectivity index (χ0v) is 12.2. The molecule has 112 valence electrons. The standard InChI is InChI=1S/C13H18FNO4S/c1-3-13(4-2,12(16)17)9-15-20(18,19)11-7-5-6-10(14)8-11/h5-8,15H,3-4,9H2,1-2H3,(H,16,17). The molecule has 0 fully saturated rings. The first kappa shape index (κ1) is 16.6. The van der Waals surface area contributed by atoms with Gasteiger partial charge in [-0.25, -0.2) is 17.5 Å². The van der Waals surface area contributed by atoms with Crippen LogP contribution in [0.3, 0.4) is 0 Å². The second kappa shape index (κ2) is 6.32. The lowest BCUT2D eigenvalue weighted by atomic mass is 9.83. The molecule has 0 unspecified atom stereocenters. The fourth-order valence-electron chi connectivity index (χ4n) is 1.83. The number of aliphatic carboxylic acids is 1. The number of benzene rings is 1. The molecule has 0 radical (unpaired) electrons. The van der Waals surface area contributed by atoms with E-state index in [9.17, 15) is 22.7 Å². The van der Waals surface area contributed by atoms with Crippen molar-refractivity contribution in [2.24, 2.45) is 5.41 Å². The van der Waals surface area contributed by atoms with E-state index in [2.05, 4.69) is 4.72 Å². The van der Waals surface area contributed by atoms with Crippen LogP contribution < -0.4 is 4.72 Å². The molecular formula is C13H18FNO4S. The van der Waals surface area contributed by atoms with Gasteiger partial charge in [-0.3, -0.25) is 4.79 Å². The van der Waals surface area contributed by atoms with Crippen LogP contribution in [0.1, 0.15) is 26.7 Å². The second-order valence-corrected chi connectivity index (χ2v) is 6.34. The maximum Gasteiger partial charge on any atom is 0.310 e. The van der Waals surface area contributed by atoms with Crippen molar-refractivity contribution >= 4 is 16.0 Å². The largest absolute Gasteiger partial charge is 0.481 e. The lowest BCUT2D eigenvalue weighted by Gasteiger charge is -2.26. The van der Waals surface area contributed by atoms with Crippen LogP contribution in [0, 0.1) is 11.2 Å². The predicted octanol–water partition coefficient (Wildman–Crippen LogP) is 2.00. The van der Waals surface area contributed by atoms with E-state index in [1.54, 1.807) is 13.8 Å². The van der Waals surface area contributed by atoms with Crippen molar-refractivity contribution in [2.75, 3.05) is 6.54 Å². The number of halogens is 1. The smallest absolute Gasteiger partial charge is 0.310 e. The molecule has 5 nitrogen and oxygen atoms in total. The Kier molecular flexibility index (Phi) is 5.24. The van der Waals surface area contributed by atoms with Gasteiger partial charge in [-0.15, -0.1) is 0 Å². The van der Waals surface area contributed by atoms with Gasteiger partial charge in [0.15, 0.2) is 0 Å². The average Bonchev–Trinajstić information content (AvgIpc) is 2.40. The van der Waals surface area contributed by atoms with E-state index in [0.29, 0.717) is 12.8 Å². The summed E-state index contributed by atoms with van der Waals surface area (Å²) in [5.74, 6) is -1.72. The fourth-order valence-corrected chi connectivity index (χ4v) is 2.99. The molecule has 0 aromatic heterocycles. The van der Waals surface area contributed by atoms with Crippen LogP contribution >= 0.6 is 0 Å². The van der Waals surface area contributed by atoms with Gasteiger partial charge < -0.3 is 5.11 Å². The molecule has 1 rings (SSSR count). The number of nitrogens with one attached hydrogen (secondary N) is 1. The van der Waals surface area contributed by atoms with E-state index in [4.69, 9.17) is 0 Å². The first-order valence-corrected chi connectivity index (χ1v) is 7.74. The molecule has 0 saturated carbocycles. The number of hydrogen-bond donors (Lipinski definition) is 2. The zero-order chi connectivity index (χ0) is 15.4. The van der Waals surface area contributed by atoms with Gasteiger partial charge in [-0.05, 0) is 31.0 Å². The first-order chi connectivity index (χ1) is 9.27. The lowest BCUT2D eigenvalue weighted by molar-refractivity contribution is -0.149. The Morgan fingerprint density at radius 2 is 1.95 bits per heavy atom. The fraction of sp³-hybridized carbons (Fsp3) is 0.462. The summed E-state index contributed by atoms with van der Waals surface area (Å²) in [5.41, 5.74) is -1.15. The first-order valence-electron chi connectivity index (χ1n) is 6.26. The molecule has 1 aromatic rings. The van der Waals surface area contributed by atoms with Crippen LogP contribution in [0.25, 0.3) is 0 Å². The number of carboxylic acid groups (broad SMARTS) is 1. The minimum atomic E-state index is -3.92. The molecule has 7 heteroatoms. The third-order valence-corrected chi connectivity index (χ3v) is 4.91. The van der Waals surface area contributed by atoms with Gasteiger partial charge >= 0.3 is 5.97 Å². The van der Waals surface area contributed by atoms with Crippen LogP contribution in [-0.4, -0.2) is 26.0 Å². The summed E-state index contributed by atoms with van der Waals surface area (Å²) in [6, 6.07) is 4.57. The summed E-state index contributed by atoms with van der Waals surface area (Å²) in [6.45, 7) is 3.15. The SMILES string of the molecule is CCC(CC)(CNS(=O)(=O)c1cccc(F)c1)C(=O)O.